The largest absolute Gasteiger partial charge is 0.491 e. The normalized spacial score (nSPS) is 12.0. The van der Waals surface area contributed by atoms with Gasteiger partial charge in [0, 0.05) is 6.07 Å². The molecule has 94 valence electrons. The van der Waals surface area contributed by atoms with Crippen molar-refractivity contribution in [2.75, 3.05) is 13.2 Å². The Morgan fingerprint density at radius 2 is 2.24 bits per heavy atom. The van der Waals surface area contributed by atoms with Gasteiger partial charge in [-0.1, -0.05) is 6.07 Å². The third kappa shape index (κ3) is 4.03. The molecule has 1 atom stereocenters. The molecule has 0 aromatic heterocycles. The first-order valence-corrected chi connectivity index (χ1v) is 5.35. The molecule has 0 aliphatic carbocycles. The van der Waals surface area contributed by atoms with Crippen molar-refractivity contribution in [2.45, 2.75) is 19.9 Å². The molecule has 2 N–H and O–H groups in total. The Morgan fingerprint density at radius 3 is 2.88 bits per heavy atom. The van der Waals surface area contributed by atoms with Gasteiger partial charge in [-0.05, 0) is 25.5 Å². The highest BCUT2D eigenvalue weighted by Crippen LogP contribution is 2.18. The van der Waals surface area contributed by atoms with E-state index in [0.717, 1.165) is 5.56 Å². The SMILES string of the molecule is CCOC(=O)C(N)COc1cc(F)ccc1C. The topological polar surface area (TPSA) is 61.5 Å². The molecule has 17 heavy (non-hydrogen) atoms. The van der Waals surface area contributed by atoms with Gasteiger partial charge in [0.05, 0.1) is 6.61 Å². The fourth-order valence-electron chi connectivity index (χ4n) is 1.23. The maximum absolute atomic E-state index is 12.9. The Morgan fingerprint density at radius 1 is 1.53 bits per heavy atom. The summed E-state index contributed by atoms with van der Waals surface area (Å²) < 4.78 is 23.0. The lowest BCUT2D eigenvalue weighted by atomic mass is 10.2. The number of esters is 1. The molecule has 0 amide bonds. The summed E-state index contributed by atoms with van der Waals surface area (Å²) in [5, 5.41) is 0. The van der Waals surface area contributed by atoms with Crippen LogP contribution < -0.4 is 10.5 Å². The van der Waals surface area contributed by atoms with Crippen molar-refractivity contribution in [2.24, 2.45) is 5.73 Å². The third-order valence-electron chi connectivity index (χ3n) is 2.16. The van der Waals surface area contributed by atoms with Crippen LogP contribution in [0.4, 0.5) is 4.39 Å². The highest BCUT2D eigenvalue weighted by atomic mass is 19.1. The second kappa shape index (κ2) is 6.20. The lowest BCUT2D eigenvalue weighted by Crippen LogP contribution is -2.37. The molecule has 0 heterocycles. The number of aryl methyl sites for hydroxylation is 1. The zero-order valence-electron chi connectivity index (χ0n) is 9.90. The summed E-state index contributed by atoms with van der Waals surface area (Å²) in [5.74, 6) is -0.540. The summed E-state index contributed by atoms with van der Waals surface area (Å²) in [4.78, 5) is 11.2. The van der Waals surface area contributed by atoms with Gasteiger partial charge in [0.25, 0.3) is 0 Å². The monoisotopic (exact) mass is 241 g/mol. The molecule has 0 aliphatic rings. The average Bonchev–Trinajstić information content (AvgIpc) is 2.30. The average molecular weight is 241 g/mol. The Labute approximate surface area is 99.5 Å². The molecular formula is C12H16FNO3. The number of rotatable bonds is 5. The van der Waals surface area contributed by atoms with Crippen molar-refractivity contribution in [3.05, 3.63) is 29.6 Å². The van der Waals surface area contributed by atoms with E-state index in [1.54, 1.807) is 19.9 Å². The molecule has 0 radical (unpaired) electrons. The fraction of sp³-hybridized carbons (Fsp3) is 0.417. The van der Waals surface area contributed by atoms with Gasteiger partial charge in [-0.2, -0.15) is 0 Å². The molecule has 0 saturated heterocycles. The molecule has 0 spiro atoms. The van der Waals surface area contributed by atoms with Crippen molar-refractivity contribution in [1.82, 2.24) is 0 Å². The van der Waals surface area contributed by atoms with E-state index in [0.29, 0.717) is 5.75 Å². The number of benzene rings is 1. The summed E-state index contributed by atoms with van der Waals surface area (Å²) in [5.41, 5.74) is 6.33. The molecular weight excluding hydrogens is 225 g/mol. The molecule has 4 nitrogen and oxygen atoms in total. The van der Waals surface area contributed by atoms with Gasteiger partial charge in [-0.15, -0.1) is 0 Å². The Bertz CT molecular complexity index is 395. The van der Waals surface area contributed by atoms with E-state index in [4.69, 9.17) is 15.2 Å². The molecule has 0 bridgehead atoms. The van der Waals surface area contributed by atoms with Crippen LogP contribution in [0.25, 0.3) is 0 Å². The van der Waals surface area contributed by atoms with Crippen LogP contribution in [0.1, 0.15) is 12.5 Å². The van der Waals surface area contributed by atoms with Crippen molar-refractivity contribution in [3.63, 3.8) is 0 Å². The van der Waals surface area contributed by atoms with E-state index in [1.807, 2.05) is 0 Å². The molecule has 5 heteroatoms. The van der Waals surface area contributed by atoms with Crippen LogP contribution in [-0.2, 0) is 9.53 Å². The molecule has 1 aromatic rings. The maximum atomic E-state index is 12.9. The summed E-state index contributed by atoms with van der Waals surface area (Å²) >= 11 is 0. The first-order chi connectivity index (χ1) is 8.04. The van der Waals surface area contributed by atoms with Gasteiger partial charge in [-0.3, -0.25) is 4.79 Å². The van der Waals surface area contributed by atoms with E-state index in [-0.39, 0.29) is 13.2 Å². The number of hydrogen-bond donors (Lipinski definition) is 1. The van der Waals surface area contributed by atoms with Gasteiger partial charge in [-0.25, -0.2) is 4.39 Å². The van der Waals surface area contributed by atoms with Gasteiger partial charge in [0.2, 0.25) is 0 Å². The van der Waals surface area contributed by atoms with Crippen LogP contribution in [0.5, 0.6) is 5.75 Å². The summed E-state index contributed by atoms with van der Waals surface area (Å²) in [6, 6.07) is 3.33. The lowest BCUT2D eigenvalue weighted by molar-refractivity contribution is -0.145. The van der Waals surface area contributed by atoms with Gasteiger partial charge >= 0.3 is 5.97 Å². The minimum atomic E-state index is -0.863. The second-order valence-corrected chi connectivity index (χ2v) is 3.58. The van der Waals surface area contributed by atoms with Gasteiger partial charge in [0.1, 0.15) is 24.2 Å². The summed E-state index contributed by atoms with van der Waals surface area (Å²) in [7, 11) is 0. The number of nitrogens with two attached hydrogens (primary N) is 1. The van der Waals surface area contributed by atoms with Crippen LogP contribution in [0, 0.1) is 12.7 Å². The highest BCUT2D eigenvalue weighted by molar-refractivity contribution is 5.75. The van der Waals surface area contributed by atoms with Crippen LogP contribution in [-0.4, -0.2) is 25.2 Å². The molecule has 0 aliphatic heterocycles. The fourth-order valence-corrected chi connectivity index (χ4v) is 1.23. The highest BCUT2D eigenvalue weighted by Gasteiger charge is 2.15. The van der Waals surface area contributed by atoms with Crippen molar-refractivity contribution < 1.29 is 18.7 Å². The first kappa shape index (κ1) is 13.4. The molecule has 1 unspecified atom stereocenters. The minimum absolute atomic E-state index is 0.0386. The number of carbonyl (C=O) groups excluding carboxylic acids is 1. The van der Waals surface area contributed by atoms with E-state index < -0.39 is 17.8 Å². The van der Waals surface area contributed by atoms with E-state index >= 15 is 0 Å². The van der Waals surface area contributed by atoms with Crippen LogP contribution in [0.2, 0.25) is 0 Å². The third-order valence-corrected chi connectivity index (χ3v) is 2.16. The zero-order chi connectivity index (χ0) is 12.8. The molecule has 0 fully saturated rings. The van der Waals surface area contributed by atoms with Crippen molar-refractivity contribution >= 4 is 5.97 Å². The maximum Gasteiger partial charge on any atom is 0.326 e. The summed E-state index contributed by atoms with van der Waals surface area (Å²) in [6.07, 6.45) is 0. The van der Waals surface area contributed by atoms with Gasteiger partial charge in [0.15, 0.2) is 0 Å². The quantitative estimate of drug-likeness (QED) is 0.792. The Balaban J connectivity index is 2.55. The number of ether oxygens (including phenoxy) is 2. The van der Waals surface area contributed by atoms with Crippen LogP contribution >= 0.6 is 0 Å². The zero-order valence-corrected chi connectivity index (χ0v) is 9.90. The van der Waals surface area contributed by atoms with Crippen molar-refractivity contribution in [1.29, 1.82) is 0 Å². The Hall–Kier alpha value is -1.62. The number of hydrogen-bond acceptors (Lipinski definition) is 4. The lowest BCUT2D eigenvalue weighted by Gasteiger charge is -2.13. The minimum Gasteiger partial charge on any atom is -0.491 e. The first-order valence-electron chi connectivity index (χ1n) is 5.35. The molecule has 1 rings (SSSR count). The predicted octanol–water partition coefficient (Wildman–Crippen LogP) is 1.40. The van der Waals surface area contributed by atoms with E-state index in [2.05, 4.69) is 0 Å². The standard InChI is InChI=1S/C12H16FNO3/c1-3-16-12(15)10(14)7-17-11-6-9(13)5-4-8(11)2/h4-6,10H,3,7,14H2,1-2H3. The Kier molecular flexibility index (Phi) is 4.90. The summed E-state index contributed by atoms with van der Waals surface area (Å²) in [6.45, 7) is 3.71. The predicted molar refractivity (Wildman–Crippen MR) is 61.2 cm³/mol. The molecule has 1 aromatic carbocycles. The number of carbonyl (C=O) groups is 1. The van der Waals surface area contributed by atoms with Crippen LogP contribution in [0.3, 0.4) is 0 Å². The smallest absolute Gasteiger partial charge is 0.326 e. The van der Waals surface area contributed by atoms with Gasteiger partial charge < -0.3 is 15.2 Å². The second-order valence-electron chi connectivity index (χ2n) is 3.58. The van der Waals surface area contributed by atoms with E-state index in [1.165, 1.54) is 12.1 Å². The number of halogens is 1. The van der Waals surface area contributed by atoms with Crippen molar-refractivity contribution in [3.8, 4) is 5.75 Å². The van der Waals surface area contributed by atoms with E-state index in [9.17, 15) is 9.18 Å². The van der Waals surface area contributed by atoms with Crippen LogP contribution in [0.15, 0.2) is 18.2 Å². The molecule has 0 saturated carbocycles.